The first kappa shape index (κ1) is 8.75. The summed E-state index contributed by atoms with van der Waals surface area (Å²) in [6.07, 6.45) is 4.94. The molecule has 0 spiro atoms. The van der Waals surface area contributed by atoms with Gasteiger partial charge in [-0.05, 0) is 32.6 Å². The fourth-order valence-corrected chi connectivity index (χ4v) is 2.19. The highest BCUT2D eigenvalue weighted by atomic mass is 15.1. The van der Waals surface area contributed by atoms with Crippen molar-refractivity contribution in [2.24, 2.45) is 5.73 Å². The van der Waals surface area contributed by atoms with Crippen molar-refractivity contribution in [1.82, 2.24) is 9.55 Å². The van der Waals surface area contributed by atoms with Crippen LogP contribution in [0.2, 0.25) is 0 Å². The van der Waals surface area contributed by atoms with Gasteiger partial charge < -0.3 is 10.3 Å². The van der Waals surface area contributed by atoms with E-state index in [-0.39, 0.29) is 0 Å². The van der Waals surface area contributed by atoms with Gasteiger partial charge in [0.1, 0.15) is 5.82 Å². The lowest BCUT2D eigenvalue weighted by atomic mass is 10.0. The zero-order chi connectivity index (χ0) is 9.26. The summed E-state index contributed by atoms with van der Waals surface area (Å²) in [6, 6.07) is 0. The van der Waals surface area contributed by atoms with Crippen LogP contribution < -0.4 is 5.73 Å². The molecule has 1 heterocycles. The fraction of sp³-hybridized carbons (Fsp3) is 0.700. The van der Waals surface area contributed by atoms with Gasteiger partial charge in [0.15, 0.2) is 0 Å². The van der Waals surface area contributed by atoms with Crippen LogP contribution in [0.25, 0.3) is 0 Å². The van der Waals surface area contributed by atoms with E-state index in [1.165, 1.54) is 30.7 Å². The van der Waals surface area contributed by atoms with E-state index in [2.05, 4.69) is 16.5 Å². The topological polar surface area (TPSA) is 43.8 Å². The Hall–Kier alpha value is -0.830. The molecular formula is C10H17N3. The molecule has 0 aliphatic heterocycles. The molecule has 0 amide bonds. The molecule has 3 nitrogen and oxygen atoms in total. The molecule has 0 unspecified atom stereocenters. The number of nitrogens with two attached hydrogens (primary N) is 1. The number of rotatable bonds is 2. The van der Waals surface area contributed by atoms with Gasteiger partial charge in [0.05, 0.1) is 12.2 Å². The van der Waals surface area contributed by atoms with Crippen LogP contribution in [0, 0.1) is 0 Å². The highest BCUT2D eigenvalue weighted by Gasteiger charge is 2.17. The van der Waals surface area contributed by atoms with Gasteiger partial charge in [0, 0.05) is 12.2 Å². The molecule has 0 bridgehead atoms. The van der Waals surface area contributed by atoms with Crippen LogP contribution in [0.4, 0.5) is 0 Å². The molecule has 1 aliphatic rings. The lowest BCUT2D eigenvalue weighted by Crippen LogP contribution is -2.11. The van der Waals surface area contributed by atoms with E-state index >= 15 is 0 Å². The Balaban J connectivity index is 2.44. The number of nitrogens with zero attached hydrogens (tertiary/aromatic N) is 2. The summed E-state index contributed by atoms with van der Waals surface area (Å²) in [6.45, 7) is 3.74. The van der Waals surface area contributed by atoms with Crippen molar-refractivity contribution >= 4 is 0 Å². The Kier molecular flexibility index (Phi) is 2.36. The number of aromatic nitrogens is 2. The smallest absolute Gasteiger partial charge is 0.122 e. The molecule has 72 valence electrons. The average molecular weight is 179 g/mol. The molecule has 0 atom stereocenters. The minimum atomic E-state index is 0.570. The molecule has 0 saturated heterocycles. The summed E-state index contributed by atoms with van der Waals surface area (Å²) in [5.74, 6) is 1.06. The Labute approximate surface area is 79.0 Å². The van der Waals surface area contributed by atoms with Crippen LogP contribution in [0.1, 0.15) is 37.0 Å². The van der Waals surface area contributed by atoms with Crippen LogP contribution in [0.15, 0.2) is 0 Å². The van der Waals surface area contributed by atoms with Gasteiger partial charge in [0.2, 0.25) is 0 Å². The predicted octanol–water partition coefficient (Wildman–Crippen LogP) is 1.24. The summed E-state index contributed by atoms with van der Waals surface area (Å²) in [5.41, 5.74) is 8.39. The summed E-state index contributed by atoms with van der Waals surface area (Å²) in [4.78, 5) is 4.58. The Morgan fingerprint density at radius 1 is 1.38 bits per heavy atom. The van der Waals surface area contributed by atoms with Crippen molar-refractivity contribution in [3.63, 3.8) is 0 Å². The lowest BCUT2D eigenvalue weighted by molar-refractivity contribution is 0.609. The second-order valence-electron chi connectivity index (χ2n) is 3.58. The van der Waals surface area contributed by atoms with E-state index in [1.54, 1.807) is 0 Å². The lowest BCUT2D eigenvalue weighted by Gasteiger charge is -2.13. The monoisotopic (exact) mass is 179 g/mol. The minimum Gasteiger partial charge on any atom is -0.331 e. The van der Waals surface area contributed by atoms with E-state index in [1.807, 2.05) is 0 Å². The molecule has 1 aromatic rings. The van der Waals surface area contributed by atoms with E-state index < -0.39 is 0 Å². The van der Waals surface area contributed by atoms with Crippen LogP contribution in [-0.4, -0.2) is 9.55 Å². The van der Waals surface area contributed by atoms with Crippen LogP contribution in [-0.2, 0) is 25.9 Å². The van der Waals surface area contributed by atoms with Crippen LogP contribution in [0.5, 0.6) is 0 Å². The first-order valence-electron chi connectivity index (χ1n) is 5.14. The summed E-state index contributed by atoms with van der Waals surface area (Å²) in [7, 11) is 0. The summed E-state index contributed by atoms with van der Waals surface area (Å²) < 4.78 is 2.29. The fourth-order valence-electron chi connectivity index (χ4n) is 2.19. The first-order valence-corrected chi connectivity index (χ1v) is 5.14. The highest BCUT2D eigenvalue weighted by Crippen LogP contribution is 2.21. The third kappa shape index (κ3) is 1.37. The van der Waals surface area contributed by atoms with Gasteiger partial charge in [-0.2, -0.15) is 0 Å². The third-order valence-corrected chi connectivity index (χ3v) is 2.81. The molecule has 0 radical (unpaired) electrons. The molecule has 0 fully saturated rings. The quantitative estimate of drug-likeness (QED) is 0.742. The Morgan fingerprint density at radius 3 is 2.85 bits per heavy atom. The van der Waals surface area contributed by atoms with E-state index in [0.717, 1.165) is 18.8 Å². The molecule has 1 aromatic heterocycles. The van der Waals surface area contributed by atoms with E-state index in [9.17, 15) is 0 Å². The Bertz CT molecular complexity index is 291. The van der Waals surface area contributed by atoms with Crippen molar-refractivity contribution in [1.29, 1.82) is 0 Å². The molecule has 3 heteroatoms. The number of imidazole rings is 1. The molecule has 0 saturated carbocycles. The second-order valence-corrected chi connectivity index (χ2v) is 3.58. The van der Waals surface area contributed by atoms with Crippen molar-refractivity contribution in [3.8, 4) is 0 Å². The molecule has 2 N–H and O–H groups in total. The summed E-state index contributed by atoms with van der Waals surface area (Å²) in [5, 5.41) is 0. The molecule has 13 heavy (non-hydrogen) atoms. The molecule has 0 aromatic carbocycles. The van der Waals surface area contributed by atoms with E-state index in [0.29, 0.717) is 6.54 Å². The minimum absolute atomic E-state index is 0.570. The van der Waals surface area contributed by atoms with Crippen molar-refractivity contribution in [3.05, 3.63) is 17.2 Å². The molecule has 1 aliphatic carbocycles. The van der Waals surface area contributed by atoms with Gasteiger partial charge in [-0.15, -0.1) is 0 Å². The Morgan fingerprint density at radius 2 is 2.15 bits per heavy atom. The zero-order valence-electron chi connectivity index (χ0n) is 8.21. The first-order chi connectivity index (χ1) is 6.36. The van der Waals surface area contributed by atoms with Gasteiger partial charge >= 0.3 is 0 Å². The normalized spacial score (nSPS) is 15.8. The van der Waals surface area contributed by atoms with E-state index in [4.69, 9.17) is 5.73 Å². The van der Waals surface area contributed by atoms with Crippen LogP contribution in [0.3, 0.4) is 0 Å². The number of fused-ring (bicyclic) bond motifs is 1. The van der Waals surface area contributed by atoms with Gasteiger partial charge in [-0.1, -0.05) is 0 Å². The van der Waals surface area contributed by atoms with Crippen molar-refractivity contribution in [2.75, 3.05) is 0 Å². The maximum atomic E-state index is 5.65. The largest absolute Gasteiger partial charge is 0.331 e. The maximum absolute atomic E-state index is 5.65. The van der Waals surface area contributed by atoms with Crippen molar-refractivity contribution in [2.45, 2.75) is 45.7 Å². The number of hydrogen-bond acceptors (Lipinski definition) is 2. The van der Waals surface area contributed by atoms with Crippen molar-refractivity contribution < 1.29 is 0 Å². The van der Waals surface area contributed by atoms with Gasteiger partial charge in [-0.25, -0.2) is 4.98 Å². The number of hydrogen-bond donors (Lipinski definition) is 1. The second kappa shape index (κ2) is 3.50. The number of aryl methyl sites for hydroxylation is 1. The predicted molar refractivity (Wildman–Crippen MR) is 52.4 cm³/mol. The summed E-state index contributed by atoms with van der Waals surface area (Å²) >= 11 is 0. The highest BCUT2D eigenvalue weighted by molar-refractivity contribution is 5.20. The van der Waals surface area contributed by atoms with Gasteiger partial charge in [-0.3, -0.25) is 0 Å². The zero-order valence-corrected chi connectivity index (χ0v) is 8.21. The maximum Gasteiger partial charge on any atom is 0.122 e. The molecular weight excluding hydrogens is 162 g/mol. The van der Waals surface area contributed by atoms with Gasteiger partial charge in [0.25, 0.3) is 0 Å². The SMILES string of the molecule is CCn1c(CN)nc2c1CCCC2. The standard InChI is InChI=1S/C10H17N3/c1-2-13-9-6-4-3-5-8(9)12-10(13)7-11/h2-7,11H2,1H3. The van der Waals surface area contributed by atoms with Crippen LogP contribution >= 0.6 is 0 Å². The third-order valence-electron chi connectivity index (χ3n) is 2.81. The molecule has 2 rings (SSSR count). The average Bonchev–Trinajstić information content (AvgIpc) is 2.55.